The highest BCUT2D eigenvalue weighted by Gasteiger charge is 2.30. The lowest BCUT2D eigenvalue weighted by Gasteiger charge is -2.36. The van der Waals surface area contributed by atoms with E-state index < -0.39 is 0 Å². The van der Waals surface area contributed by atoms with E-state index in [1.807, 2.05) is 0 Å². The maximum atomic E-state index is 2.44. The Kier molecular flexibility index (Phi) is 6.42. The van der Waals surface area contributed by atoms with Crippen LogP contribution < -0.4 is 4.90 Å². The minimum Gasteiger partial charge on any atom is -0.330 e. The number of benzene rings is 3. The van der Waals surface area contributed by atoms with Gasteiger partial charge in [0.2, 0.25) is 0 Å². The van der Waals surface area contributed by atoms with Crippen LogP contribution in [0.25, 0.3) is 11.6 Å². The minimum atomic E-state index is 0.212. The van der Waals surface area contributed by atoms with E-state index in [0.717, 1.165) is 6.42 Å². The van der Waals surface area contributed by atoms with Gasteiger partial charge in [-0.15, -0.1) is 0 Å². The van der Waals surface area contributed by atoms with Crippen molar-refractivity contribution in [2.24, 2.45) is 5.92 Å². The van der Waals surface area contributed by atoms with Crippen LogP contribution in [-0.4, -0.2) is 6.04 Å². The zero-order valence-corrected chi connectivity index (χ0v) is 22.8. The SMILES string of the molecule is CC=C(C=CCc1ccc2c(c1)C1=CC(C=CC=C1)N2c1ccccc1)C1=Cc2ccccc2C2C=CC=CC12. The summed E-state index contributed by atoms with van der Waals surface area (Å²) in [6.07, 6.45) is 30.5. The first-order valence-corrected chi connectivity index (χ1v) is 14.3. The Bertz CT molecular complexity index is 1690. The predicted molar refractivity (Wildman–Crippen MR) is 171 cm³/mol. The monoisotopic (exact) mass is 515 g/mol. The van der Waals surface area contributed by atoms with Gasteiger partial charge in [-0.1, -0.05) is 121 Å². The van der Waals surface area contributed by atoms with E-state index in [1.165, 1.54) is 50.3 Å². The summed E-state index contributed by atoms with van der Waals surface area (Å²) in [5.41, 5.74) is 11.9. The first-order chi connectivity index (χ1) is 19.8. The van der Waals surface area contributed by atoms with Crippen LogP contribution in [0.15, 0.2) is 157 Å². The number of para-hydroxylation sites is 1. The van der Waals surface area contributed by atoms with Crippen LogP contribution in [-0.2, 0) is 6.42 Å². The first-order valence-electron chi connectivity index (χ1n) is 14.3. The molecule has 1 heterocycles. The number of rotatable bonds is 5. The molecular formula is C39H33N. The van der Waals surface area contributed by atoms with Crippen molar-refractivity contribution in [1.29, 1.82) is 0 Å². The number of nitrogens with zero attached hydrogens (tertiary/aromatic N) is 1. The molecular weight excluding hydrogens is 482 g/mol. The van der Waals surface area contributed by atoms with Crippen molar-refractivity contribution < 1.29 is 0 Å². The summed E-state index contributed by atoms with van der Waals surface area (Å²) >= 11 is 0. The molecule has 1 heteroatoms. The largest absolute Gasteiger partial charge is 0.330 e. The molecule has 0 spiro atoms. The van der Waals surface area contributed by atoms with Gasteiger partial charge in [0, 0.05) is 28.8 Å². The maximum Gasteiger partial charge on any atom is 0.0718 e. The van der Waals surface area contributed by atoms with Gasteiger partial charge in [-0.3, -0.25) is 0 Å². The van der Waals surface area contributed by atoms with Gasteiger partial charge in [-0.2, -0.15) is 0 Å². The average Bonchev–Trinajstić information content (AvgIpc) is 3.23. The fraction of sp³-hybridized carbons (Fsp3) is 0.128. The van der Waals surface area contributed by atoms with Gasteiger partial charge >= 0.3 is 0 Å². The topological polar surface area (TPSA) is 3.24 Å². The molecule has 3 atom stereocenters. The fourth-order valence-corrected chi connectivity index (χ4v) is 6.55. The molecule has 0 aromatic heterocycles. The van der Waals surface area contributed by atoms with Crippen molar-refractivity contribution in [3.05, 3.63) is 179 Å². The summed E-state index contributed by atoms with van der Waals surface area (Å²) in [5, 5.41) is 0. The third-order valence-corrected chi connectivity index (χ3v) is 8.46. The van der Waals surface area contributed by atoms with Crippen molar-refractivity contribution in [3.63, 3.8) is 0 Å². The quantitative estimate of drug-likeness (QED) is 0.306. The molecule has 0 saturated carbocycles. The van der Waals surface area contributed by atoms with Gasteiger partial charge in [0.05, 0.1) is 6.04 Å². The molecule has 0 N–H and O–H groups in total. The van der Waals surface area contributed by atoms with Crippen molar-refractivity contribution in [2.45, 2.75) is 25.3 Å². The van der Waals surface area contributed by atoms with E-state index in [4.69, 9.17) is 0 Å². The van der Waals surface area contributed by atoms with E-state index in [9.17, 15) is 0 Å². The van der Waals surface area contributed by atoms with Crippen LogP contribution in [0.3, 0.4) is 0 Å². The average molecular weight is 516 g/mol. The van der Waals surface area contributed by atoms with Crippen LogP contribution in [0.1, 0.15) is 35.1 Å². The van der Waals surface area contributed by atoms with Gasteiger partial charge in [0.1, 0.15) is 0 Å². The Balaban J connectivity index is 1.18. The Morgan fingerprint density at radius 1 is 0.825 bits per heavy atom. The molecule has 0 radical (unpaired) electrons. The van der Waals surface area contributed by atoms with Crippen molar-refractivity contribution in [1.82, 2.24) is 0 Å². The van der Waals surface area contributed by atoms with Gasteiger partial charge in [0.25, 0.3) is 0 Å². The third kappa shape index (κ3) is 4.38. The number of anilines is 2. The molecule has 1 nitrogen and oxygen atoms in total. The summed E-state index contributed by atoms with van der Waals surface area (Å²) in [5.74, 6) is 0.774. The zero-order chi connectivity index (χ0) is 26.9. The summed E-state index contributed by atoms with van der Waals surface area (Å²) < 4.78 is 0. The molecule has 2 bridgehead atoms. The van der Waals surface area contributed by atoms with Crippen molar-refractivity contribution >= 4 is 23.0 Å². The molecule has 3 unspecified atom stereocenters. The number of hydrogen-bond donors (Lipinski definition) is 0. The summed E-state index contributed by atoms with van der Waals surface area (Å²) in [6, 6.07) is 26.7. The van der Waals surface area contributed by atoms with Crippen LogP contribution in [0.5, 0.6) is 0 Å². The predicted octanol–water partition coefficient (Wildman–Crippen LogP) is 9.68. The number of allylic oxidation sites excluding steroid dienone is 13. The minimum absolute atomic E-state index is 0.212. The number of fused-ring (bicyclic) bond motifs is 6. The molecule has 3 aromatic carbocycles. The van der Waals surface area contributed by atoms with Crippen LogP contribution in [0, 0.1) is 5.92 Å². The van der Waals surface area contributed by atoms with E-state index in [1.54, 1.807) is 0 Å². The summed E-state index contributed by atoms with van der Waals surface area (Å²) in [6.45, 7) is 2.16. The highest BCUT2D eigenvalue weighted by atomic mass is 15.2. The standard InChI is InChI=1S/C39H33N/c1-2-29(37-27-31-15-7-9-20-34(31)35-21-10-11-22-36(35)37)16-12-13-28-23-24-39-38(25-28)30-14-6-8-19-33(26-30)40(39)32-17-4-3-5-18-32/h2-12,14-27,33,35-36H,13H2,1H3. The third-order valence-electron chi connectivity index (χ3n) is 8.46. The molecule has 3 aromatic rings. The van der Waals surface area contributed by atoms with Crippen LogP contribution in [0.2, 0.25) is 0 Å². The van der Waals surface area contributed by atoms with Crippen LogP contribution >= 0.6 is 0 Å². The molecule has 3 aliphatic carbocycles. The van der Waals surface area contributed by atoms with Gasteiger partial charge < -0.3 is 4.90 Å². The second-order valence-electron chi connectivity index (χ2n) is 10.8. The van der Waals surface area contributed by atoms with Gasteiger partial charge in [0.15, 0.2) is 0 Å². The summed E-state index contributed by atoms with van der Waals surface area (Å²) in [4.78, 5) is 2.44. The van der Waals surface area contributed by atoms with E-state index >= 15 is 0 Å². The molecule has 0 saturated heterocycles. The Hall–Kier alpha value is -4.62. The second kappa shape index (κ2) is 10.5. The maximum absolute atomic E-state index is 2.44. The molecule has 40 heavy (non-hydrogen) atoms. The van der Waals surface area contributed by atoms with Gasteiger partial charge in [-0.05, 0) is 77.1 Å². The first kappa shape index (κ1) is 24.4. The highest BCUT2D eigenvalue weighted by molar-refractivity contribution is 5.90. The Morgan fingerprint density at radius 3 is 2.50 bits per heavy atom. The molecule has 194 valence electrons. The molecule has 4 aliphatic rings. The lowest BCUT2D eigenvalue weighted by atomic mass is 9.71. The van der Waals surface area contributed by atoms with Crippen molar-refractivity contribution in [2.75, 3.05) is 4.90 Å². The Morgan fingerprint density at radius 2 is 1.62 bits per heavy atom. The normalized spacial score (nSPS) is 22.4. The Labute approximate surface area is 237 Å². The van der Waals surface area contributed by atoms with E-state index in [2.05, 4.69) is 164 Å². The molecule has 1 aliphatic heterocycles. The van der Waals surface area contributed by atoms with Crippen molar-refractivity contribution in [3.8, 4) is 0 Å². The molecule has 7 rings (SSSR count). The zero-order valence-electron chi connectivity index (χ0n) is 22.8. The van der Waals surface area contributed by atoms with E-state index in [0.29, 0.717) is 11.8 Å². The van der Waals surface area contributed by atoms with Crippen LogP contribution in [0.4, 0.5) is 11.4 Å². The highest BCUT2D eigenvalue weighted by Crippen LogP contribution is 2.45. The fourth-order valence-electron chi connectivity index (χ4n) is 6.55. The smallest absolute Gasteiger partial charge is 0.0718 e. The number of hydrogen-bond acceptors (Lipinski definition) is 1. The molecule has 0 fully saturated rings. The molecule has 0 amide bonds. The second-order valence-corrected chi connectivity index (χ2v) is 10.8. The lowest BCUT2D eigenvalue weighted by Crippen LogP contribution is -2.31. The van der Waals surface area contributed by atoms with E-state index in [-0.39, 0.29) is 6.04 Å². The lowest BCUT2D eigenvalue weighted by molar-refractivity contribution is 0.663. The van der Waals surface area contributed by atoms with Gasteiger partial charge in [-0.25, -0.2) is 0 Å². The summed E-state index contributed by atoms with van der Waals surface area (Å²) in [7, 11) is 0.